The number of fused-ring (bicyclic) bond motifs is 2. The lowest BCUT2D eigenvalue weighted by atomic mass is 9.99. The lowest BCUT2D eigenvalue weighted by molar-refractivity contribution is 0.0691. The van der Waals surface area contributed by atoms with Gasteiger partial charge in [0, 0.05) is 68.0 Å². The summed E-state index contributed by atoms with van der Waals surface area (Å²) in [5.41, 5.74) is 5.27. The molecule has 8 heteroatoms. The highest BCUT2D eigenvalue weighted by atomic mass is 16.4. The van der Waals surface area contributed by atoms with Crippen molar-refractivity contribution in [1.82, 2.24) is 19.4 Å². The average molecular weight is 631 g/mol. The topological polar surface area (TPSA) is 102 Å². The van der Waals surface area contributed by atoms with Gasteiger partial charge in [0.25, 0.3) is 5.56 Å². The number of carbonyl (C=O) groups is 1. The van der Waals surface area contributed by atoms with Crippen molar-refractivity contribution < 1.29 is 15.0 Å². The summed E-state index contributed by atoms with van der Waals surface area (Å²) in [6, 6.07) is 30.4. The molecule has 2 unspecified atom stereocenters. The number of rotatable bonds is 10. The second-order valence-electron chi connectivity index (χ2n) is 13.4. The van der Waals surface area contributed by atoms with Crippen LogP contribution in [0.3, 0.4) is 0 Å². The van der Waals surface area contributed by atoms with Gasteiger partial charge in [0.05, 0.1) is 5.69 Å². The summed E-state index contributed by atoms with van der Waals surface area (Å²) in [7, 11) is 2.10. The summed E-state index contributed by atoms with van der Waals surface area (Å²) in [5.74, 6) is -0.508. The molecule has 7 rings (SSSR count). The predicted octanol–water partition coefficient (Wildman–Crippen LogP) is 6.41. The zero-order chi connectivity index (χ0) is 32.7. The molecule has 0 radical (unpaired) electrons. The van der Waals surface area contributed by atoms with Crippen LogP contribution in [-0.4, -0.2) is 54.7 Å². The monoisotopic (exact) mass is 630 g/mol. The molecule has 5 aromatic rings. The van der Waals surface area contributed by atoms with E-state index < -0.39 is 22.8 Å². The third-order valence-electron chi connectivity index (χ3n) is 10.4. The molecule has 2 aromatic heterocycles. The Labute approximate surface area is 274 Å². The molecule has 0 bridgehead atoms. The number of aromatic hydroxyl groups is 1. The van der Waals surface area contributed by atoms with Crippen LogP contribution >= 0.6 is 0 Å². The second kappa shape index (κ2) is 12.9. The SMILES string of the molecule is CCc1c(-c2ccc3c(c2)cc(CN2CC4CC(N(Cc5ccccc5)Cc5ccccc5)CC4C2)n3C)[nH]c(=O)c(C(=O)O)c1O. The molecule has 0 spiro atoms. The number of pyridine rings is 1. The molecule has 2 fully saturated rings. The van der Waals surface area contributed by atoms with Crippen molar-refractivity contribution in [2.45, 2.75) is 51.9 Å². The average Bonchev–Trinajstić information content (AvgIpc) is 3.72. The number of aromatic amines is 1. The Morgan fingerprint density at radius 3 is 2.11 bits per heavy atom. The number of aromatic nitrogens is 2. The summed E-state index contributed by atoms with van der Waals surface area (Å²) in [6.07, 6.45) is 2.83. The molecule has 1 aliphatic heterocycles. The van der Waals surface area contributed by atoms with E-state index in [4.69, 9.17) is 0 Å². The van der Waals surface area contributed by atoms with E-state index in [9.17, 15) is 19.8 Å². The van der Waals surface area contributed by atoms with E-state index in [0.717, 1.165) is 49.2 Å². The largest absolute Gasteiger partial charge is 0.506 e. The zero-order valence-corrected chi connectivity index (χ0v) is 27.0. The van der Waals surface area contributed by atoms with Crippen LogP contribution in [0.5, 0.6) is 5.75 Å². The van der Waals surface area contributed by atoms with Crippen LogP contribution < -0.4 is 5.56 Å². The van der Waals surface area contributed by atoms with Crippen LogP contribution in [0, 0.1) is 11.8 Å². The molecule has 3 N–H and O–H groups in total. The lowest BCUT2D eigenvalue weighted by Gasteiger charge is -2.30. The van der Waals surface area contributed by atoms with Gasteiger partial charge in [-0.3, -0.25) is 14.6 Å². The zero-order valence-electron chi connectivity index (χ0n) is 27.0. The molecule has 2 aliphatic rings. The van der Waals surface area contributed by atoms with E-state index in [1.54, 1.807) is 0 Å². The molecule has 242 valence electrons. The fourth-order valence-electron chi connectivity index (χ4n) is 8.10. The van der Waals surface area contributed by atoms with Gasteiger partial charge in [0.2, 0.25) is 0 Å². The van der Waals surface area contributed by atoms with Crippen molar-refractivity contribution in [3.63, 3.8) is 0 Å². The number of likely N-dealkylation sites (tertiary alicyclic amines) is 1. The lowest BCUT2D eigenvalue weighted by Crippen LogP contribution is -2.34. The van der Waals surface area contributed by atoms with Crippen LogP contribution in [0.1, 0.15) is 52.5 Å². The minimum Gasteiger partial charge on any atom is -0.506 e. The van der Waals surface area contributed by atoms with Crippen molar-refractivity contribution in [2.24, 2.45) is 18.9 Å². The van der Waals surface area contributed by atoms with Gasteiger partial charge in [-0.2, -0.15) is 0 Å². The first kappa shape index (κ1) is 31.0. The van der Waals surface area contributed by atoms with Gasteiger partial charge < -0.3 is 19.8 Å². The Bertz CT molecular complexity index is 1910. The standard InChI is InChI=1S/C39H42N4O4/c1-3-33-36(40-38(45)35(37(33)44)39(46)47)27-14-15-34-28(16-27)17-32(41(34)2)24-42-22-29-18-31(19-30(29)23-42)43(20-25-10-6-4-7-11-25)21-26-12-8-5-9-13-26/h4-17,29-31H,3,18-24H2,1-2H3,(H,46,47)(H2,40,44,45). The first-order valence-electron chi connectivity index (χ1n) is 16.6. The highest BCUT2D eigenvalue weighted by molar-refractivity contribution is 5.92. The van der Waals surface area contributed by atoms with E-state index in [-0.39, 0.29) is 0 Å². The minimum absolute atomic E-state index is 0.380. The molecule has 47 heavy (non-hydrogen) atoms. The number of H-pyrrole nitrogens is 1. The summed E-state index contributed by atoms with van der Waals surface area (Å²) in [4.78, 5) is 32.2. The third-order valence-corrected chi connectivity index (χ3v) is 10.4. The Balaban J connectivity index is 1.06. The number of nitrogens with one attached hydrogen (secondary N) is 1. The Hall–Kier alpha value is -4.66. The normalized spacial score (nSPS) is 19.5. The van der Waals surface area contributed by atoms with Crippen LogP contribution in [0.4, 0.5) is 0 Å². The molecule has 0 amide bonds. The summed E-state index contributed by atoms with van der Waals surface area (Å²) in [6.45, 7) is 6.86. The minimum atomic E-state index is -1.44. The first-order chi connectivity index (χ1) is 22.8. The molecule has 2 atom stereocenters. The molecule has 1 saturated carbocycles. The summed E-state index contributed by atoms with van der Waals surface area (Å²) >= 11 is 0. The number of aromatic carboxylic acids is 1. The smallest absolute Gasteiger partial charge is 0.345 e. The maximum absolute atomic E-state index is 12.6. The van der Waals surface area contributed by atoms with E-state index in [0.29, 0.717) is 35.6 Å². The van der Waals surface area contributed by atoms with Gasteiger partial charge in [0.15, 0.2) is 5.56 Å². The molecule has 1 aliphatic carbocycles. The molecular weight excluding hydrogens is 588 g/mol. The molecule has 8 nitrogen and oxygen atoms in total. The van der Waals surface area contributed by atoms with Crippen molar-refractivity contribution in [1.29, 1.82) is 0 Å². The van der Waals surface area contributed by atoms with Crippen molar-refractivity contribution in [3.05, 3.63) is 123 Å². The number of hydrogen-bond donors (Lipinski definition) is 3. The fraction of sp³-hybridized carbons (Fsp3) is 0.333. The number of nitrogens with zero attached hydrogens (tertiary/aromatic N) is 3. The first-order valence-corrected chi connectivity index (χ1v) is 16.6. The van der Waals surface area contributed by atoms with Crippen LogP contribution in [-0.2, 0) is 33.1 Å². The van der Waals surface area contributed by atoms with Gasteiger partial charge in [-0.05, 0) is 66.0 Å². The number of aryl methyl sites for hydroxylation is 1. The van der Waals surface area contributed by atoms with Crippen molar-refractivity contribution in [3.8, 4) is 17.0 Å². The quantitative estimate of drug-likeness (QED) is 0.165. The Morgan fingerprint density at radius 1 is 0.915 bits per heavy atom. The highest BCUT2D eigenvalue weighted by Crippen LogP contribution is 2.42. The number of carboxylic acid groups (broad SMARTS) is 1. The molecule has 3 aromatic carbocycles. The predicted molar refractivity (Wildman–Crippen MR) is 184 cm³/mol. The molecule has 1 saturated heterocycles. The van der Waals surface area contributed by atoms with E-state index in [1.807, 2.05) is 25.1 Å². The van der Waals surface area contributed by atoms with E-state index >= 15 is 0 Å². The van der Waals surface area contributed by atoms with Crippen LogP contribution in [0.25, 0.3) is 22.2 Å². The Morgan fingerprint density at radius 2 is 1.53 bits per heavy atom. The fourth-order valence-corrected chi connectivity index (χ4v) is 8.10. The number of benzene rings is 3. The van der Waals surface area contributed by atoms with Crippen LogP contribution in [0.2, 0.25) is 0 Å². The van der Waals surface area contributed by atoms with Gasteiger partial charge >= 0.3 is 5.97 Å². The number of hydrogen-bond acceptors (Lipinski definition) is 5. The van der Waals surface area contributed by atoms with Gasteiger partial charge in [0.1, 0.15) is 5.75 Å². The molecule has 3 heterocycles. The maximum atomic E-state index is 12.6. The third kappa shape index (κ3) is 6.11. The summed E-state index contributed by atoms with van der Waals surface area (Å²) in [5, 5.41) is 21.1. The summed E-state index contributed by atoms with van der Waals surface area (Å²) < 4.78 is 2.24. The van der Waals surface area contributed by atoms with Gasteiger partial charge in [-0.1, -0.05) is 73.7 Å². The molecular formula is C39H42N4O4. The van der Waals surface area contributed by atoms with Crippen molar-refractivity contribution in [2.75, 3.05) is 13.1 Å². The van der Waals surface area contributed by atoms with Crippen molar-refractivity contribution >= 4 is 16.9 Å². The Kier molecular flexibility index (Phi) is 8.47. The van der Waals surface area contributed by atoms with E-state index in [1.165, 1.54) is 29.7 Å². The highest BCUT2D eigenvalue weighted by Gasteiger charge is 2.42. The second-order valence-corrected chi connectivity index (χ2v) is 13.4. The maximum Gasteiger partial charge on any atom is 0.345 e. The van der Waals surface area contributed by atoms with E-state index in [2.05, 4.69) is 93.1 Å². The van der Waals surface area contributed by atoms with Gasteiger partial charge in [-0.15, -0.1) is 0 Å². The van der Waals surface area contributed by atoms with Gasteiger partial charge in [-0.25, -0.2) is 4.79 Å². The van der Waals surface area contributed by atoms with Crippen LogP contribution in [0.15, 0.2) is 89.7 Å². The number of carboxylic acids is 1.